The molecule has 0 spiro atoms. The molecule has 5 heteroatoms. The second kappa shape index (κ2) is 5.67. The summed E-state index contributed by atoms with van der Waals surface area (Å²) in [6.45, 7) is 0.456. The molecule has 0 amide bonds. The van der Waals surface area contributed by atoms with Crippen molar-refractivity contribution in [2.75, 3.05) is 0 Å². The summed E-state index contributed by atoms with van der Waals surface area (Å²) in [5, 5.41) is 0. The number of carbonyl (C=O) groups excluding carboxylic acids is 1. The van der Waals surface area contributed by atoms with Crippen LogP contribution in [0, 0.1) is 0 Å². The predicted molar refractivity (Wildman–Crippen MR) is 73.2 cm³/mol. The first-order valence-corrected chi connectivity index (χ1v) is 6.79. The van der Waals surface area contributed by atoms with Crippen molar-refractivity contribution in [2.45, 2.75) is 6.61 Å². The standard InChI is InChI=1S/C12H8BrClO2S/c13-11-3-1-9(5-8(11)6-15)16-7-10-2-4-12(14)17-10/h1-6H,7H2. The van der Waals surface area contributed by atoms with Crippen LogP contribution in [0.5, 0.6) is 5.75 Å². The smallest absolute Gasteiger partial charge is 0.151 e. The second-order valence-electron chi connectivity index (χ2n) is 3.30. The fraction of sp³-hybridized carbons (Fsp3) is 0.0833. The Balaban J connectivity index is 2.06. The van der Waals surface area contributed by atoms with Gasteiger partial charge in [0, 0.05) is 14.9 Å². The van der Waals surface area contributed by atoms with E-state index in [9.17, 15) is 4.79 Å². The summed E-state index contributed by atoms with van der Waals surface area (Å²) in [5.41, 5.74) is 0.576. The van der Waals surface area contributed by atoms with Crippen LogP contribution in [0.1, 0.15) is 15.2 Å². The van der Waals surface area contributed by atoms with Crippen LogP contribution in [0.4, 0.5) is 0 Å². The summed E-state index contributed by atoms with van der Waals surface area (Å²) in [6, 6.07) is 9.06. The van der Waals surface area contributed by atoms with E-state index < -0.39 is 0 Å². The van der Waals surface area contributed by atoms with Crippen LogP contribution in [0.25, 0.3) is 0 Å². The third-order valence-electron chi connectivity index (χ3n) is 2.10. The van der Waals surface area contributed by atoms with E-state index in [0.29, 0.717) is 17.9 Å². The molecular formula is C12H8BrClO2S. The van der Waals surface area contributed by atoms with Crippen LogP contribution in [0.15, 0.2) is 34.8 Å². The monoisotopic (exact) mass is 330 g/mol. The topological polar surface area (TPSA) is 26.3 Å². The number of aldehydes is 1. The summed E-state index contributed by atoms with van der Waals surface area (Å²) in [4.78, 5) is 11.8. The lowest BCUT2D eigenvalue weighted by molar-refractivity contribution is 0.112. The lowest BCUT2D eigenvalue weighted by Crippen LogP contribution is -1.94. The summed E-state index contributed by atoms with van der Waals surface area (Å²) < 4.78 is 7.08. The molecule has 2 nitrogen and oxygen atoms in total. The maximum atomic E-state index is 10.8. The minimum Gasteiger partial charge on any atom is -0.488 e. The largest absolute Gasteiger partial charge is 0.488 e. The van der Waals surface area contributed by atoms with Crippen molar-refractivity contribution >= 4 is 45.2 Å². The molecule has 0 unspecified atom stereocenters. The highest BCUT2D eigenvalue weighted by Gasteiger charge is 2.03. The van der Waals surface area contributed by atoms with Gasteiger partial charge in [-0.1, -0.05) is 27.5 Å². The molecule has 0 bridgehead atoms. The molecule has 0 fully saturated rings. The molecule has 0 saturated heterocycles. The fourth-order valence-corrected chi connectivity index (χ4v) is 2.63. The number of carbonyl (C=O) groups is 1. The highest BCUT2D eigenvalue weighted by molar-refractivity contribution is 9.10. The van der Waals surface area contributed by atoms with Crippen molar-refractivity contribution in [2.24, 2.45) is 0 Å². The SMILES string of the molecule is O=Cc1cc(OCc2ccc(Cl)s2)ccc1Br. The van der Waals surface area contributed by atoms with E-state index in [1.165, 1.54) is 11.3 Å². The Morgan fingerprint density at radius 3 is 2.82 bits per heavy atom. The molecule has 0 aliphatic rings. The average molecular weight is 332 g/mol. The number of hydrogen-bond donors (Lipinski definition) is 0. The van der Waals surface area contributed by atoms with Gasteiger partial charge >= 0.3 is 0 Å². The molecule has 0 aliphatic heterocycles. The molecule has 88 valence electrons. The Labute approximate surface area is 116 Å². The molecular weight excluding hydrogens is 324 g/mol. The molecule has 1 aromatic heterocycles. The van der Waals surface area contributed by atoms with Gasteiger partial charge in [-0.3, -0.25) is 4.79 Å². The average Bonchev–Trinajstić information content (AvgIpc) is 2.74. The van der Waals surface area contributed by atoms with E-state index in [-0.39, 0.29) is 0 Å². The zero-order chi connectivity index (χ0) is 12.3. The normalized spacial score (nSPS) is 10.2. The Bertz CT molecular complexity index is 539. The van der Waals surface area contributed by atoms with Crippen LogP contribution in [0.3, 0.4) is 0 Å². The van der Waals surface area contributed by atoms with Crippen molar-refractivity contribution in [1.29, 1.82) is 0 Å². The van der Waals surface area contributed by atoms with Gasteiger partial charge in [-0.05, 0) is 30.3 Å². The van der Waals surface area contributed by atoms with Crippen molar-refractivity contribution in [3.63, 3.8) is 0 Å². The number of thiophene rings is 1. The molecule has 0 atom stereocenters. The van der Waals surface area contributed by atoms with Gasteiger partial charge in [-0.15, -0.1) is 11.3 Å². The Hall–Kier alpha value is -0.840. The van der Waals surface area contributed by atoms with Gasteiger partial charge < -0.3 is 4.74 Å². The van der Waals surface area contributed by atoms with Crippen LogP contribution >= 0.6 is 38.9 Å². The fourth-order valence-electron chi connectivity index (χ4n) is 1.29. The maximum absolute atomic E-state index is 10.8. The van der Waals surface area contributed by atoms with Crippen LogP contribution < -0.4 is 4.74 Å². The Morgan fingerprint density at radius 2 is 2.18 bits per heavy atom. The first kappa shape index (κ1) is 12.6. The van der Waals surface area contributed by atoms with E-state index in [1.807, 2.05) is 18.2 Å². The summed E-state index contributed by atoms with van der Waals surface area (Å²) in [5.74, 6) is 0.667. The Morgan fingerprint density at radius 1 is 1.35 bits per heavy atom. The number of benzene rings is 1. The third kappa shape index (κ3) is 3.31. The van der Waals surface area contributed by atoms with Gasteiger partial charge in [0.05, 0.1) is 4.34 Å². The van der Waals surface area contributed by atoms with E-state index in [0.717, 1.165) is 20.0 Å². The lowest BCUT2D eigenvalue weighted by atomic mass is 10.2. The van der Waals surface area contributed by atoms with Crippen molar-refractivity contribution in [3.8, 4) is 5.75 Å². The highest BCUT2D eigenvalue weighted by Crippen LogP contribution is 2.25. The third-order valence-corrected chi connectivity index (χ3v) is 4.03. The van der Waals surface area contributed by atoms with Gasteiger partial charge in [0.1, 0.15) is 12.4 Å². The van der Waals surface area contributed by atoms with Gasteiger partial charge in [-0.2, -0.15) is 0 Å². The molecule has 17 heavy (non-hydrogen) atoms. The van der Waals surface area contributed by atoms with Crippen LogP contribution in [-0.2, 0) is 6.61 Å². The van der Waals surface area contributed by atoms with Crippen LogP contribution in [0.2, 0.25) is 4.34 Å². The first-order valence-electron chi connectivity index (χ1n) is 4.81. The van der Waals surface area contributed by atoms with Gasteiger partial charge in [0.15, 0.2) is 6.29 Å². The van der Waals surface area contributed by atoms with Crippen molar-refractivity contribution in [1.82, 2.24) is 0 Å². The van der Waals surface area contributed by atoms with Gasteiger partial charge in [-0.25, -0.2) is 0 Å². The van der Waals surface area contributed by atoms with Crippen LogP contribution in [-0.4, -0.2) is 6.29 Å². The number of hydrogen-bond acceptors (Lipinski definition) is 3. The van der Waals surface area contributed by atoms with E-state index >= 15 is 0 Å². The molecule has 0 aliphatic carbocycles. The summed E-state index contributed by atoms with van der Waals surface area (Å²) >= 11 is 10.6. The molecule has 0 N–H and O–H groups in total. The molecule has 1 aromatic carbocycles. The van der Waals surface area contributed by atoms with E-state index in [2.05, 4.69) is 15.9 Å². The molecule has 0 saturated carbocycles. The number of ether oxygens (including phenoxy) is 1. The first-order chi connectivity index (χ1) is 8.19. The zero-order valence-corrected chi connectivity index (χ0v) is 11.8. The van der Waals surface area contributed by atoms with E-state index in [1.54, 1.807) is 12.1 Å². The lowest BCUT2D eigenvalue weighted by Gasteiger charge is -2.05. The zero-order valence-electron chi connectivity index (χ0n) is 8.65. The van der Waals surface area contributed by atoms with Gasteiger partial charge in [0.2, 0.25) is 0 Å². The minimum absolute atomic E-state index is 0.456. The van der Waals surface area contributed by atoms with E-state index in [4.69, 9.17) is 16.3 Å². The van der Waals surface area contributed by atoms with Crippen molar-refractivity contribution < 1.29 is 9.53 Å². The molecule has 2 aromatic rings. The Kier molecular flexibility index (Phi) is 4.20. The number of halogens is 2. The van der Waals surface area contributed by atoms with Crippen molar-refractivity contribution in [3.05, 3.63) is 49.6 Å². The summed E-state index contributed by atoms with van der Waals surface area (Å²) in [6.07, 6.45) is 0.791. The number of rotatable bonds is 4. The predicted octanol–water partition coefficient (Wildman–Crippen LogP) is 4.56. The summed E-state index contributed by atoms with van der Waals surface area (Å²) in [7, 11) is 0. The van der Waals surface area contributed by atoms with Gasteiger partial charge in [0.25, 0.3) is 0 Å². The molecule has 1 heterocycles. The molecule has 0 radical (unpaired) electrons. The minimum atomic E-state index is 0.456. The maximum Gasteiger partial charge on any atom is 0.151 e. The molecule has 2 rings (SSSR count). The quantitative estimate of drug-likeness (QED) is 0.768. The highest BCUT2D eigenvalue weighted by atomic mass is 79.9. The second-order valence-corrected chi connectivity index (χ2v) is 5.95.